The van der Waals surface area contributed by atoms with Crippen molar-refractivity contribution in [3.8, 4) is 11.4 Å². The van der Waals surface area contributed by atoms with E-state index in [4.69, 9.17) is 0 Å². The van der Waals surface area contributed by atoms with E-state index in [0.717, 1.165) is 22.9 Å². The quantitative estimate of drug-likeness (QED) is 0.892. The third-order valence-electron chi connectivity index (χ3n) is 2.98. The minimum Gasteiger partial charge on any atom is -0.373 e. The second kappa shape index (κ2) is 5.17. The molecule has 0 aliphatic heterocycles. The molecule has 0 amide bonds. The van der Waals surface area contributed by atoms with Crippen molar-refractivity contribution in [3.05, 3.63) is 41.6 Å². The number of rotatable bonds is 3. The molecule has 1 aromatic heterocycles. The summed E-state index contributed by atoms with van der Waals surface area (Å²) in [5.41, 5.74) is 3.35. The Kier molecular flexibility index (Phi) is 3.60. The van der Waals surface area contributed by atoms with E-state index in [2.05, 4.69) is 48.2 Å². The summed E-state index contributed by atoms with van der Waals surface area (Å²) in [6.45, 7) is 6.37. The Morgan fingerprint density at radius 2 is 1.83 bits per heavy atom. The molecule has 1 N–H and O–H groups in total. The van der Waals surface area contributed by atoms with Crippen molar-refractivity contribution >= 4 is 5.82 Å². The van der Waals surface area contributed by atoms with E-state index in [1.165, 1.54) is 5.56 Å². The van der Waals surface area contributed by atoms with E-state index >= 15 is 0 Å². The van der Waals surface area contributed by atoms with Crippen LogP contribution in [0.25, 0.3) is 11.4 Å². The van der Waals surface area contributed by atoms with E-state index in [1.807, 2.05) is 25.2 Å². The Bertz CT molecular complexity index is 547. The summed E-state index contributed by atoms with van der Waals surface area (Å²) >= 11 is 0. The van der Waals surface area contributed by atoms with Crippen LogP contribution in [0.5, 0.6) is 0 Å². The summed E-state index contributed by atoms with van der Waals surface area (Å²) in [5.74, 6) is 2.05. The lowest BCUT2D eigenvalue weighted by Crippen LogP contribution is -2.02. The lowest BCUT2D eigenvalue weighted by atomic mass is 10.1. The summed E-state index contributed by atoms with van der Waals surface area (Å²) in [6, 6.07) is 10.2. The predicted molar refractivity (Wildman–Crippen MR) is 75.8 cm³/mol. The average molecular weight is 241 g/mol. The Morgan fingerprint density at radius 1 is 1.11 bits per heavy atom. The molecule has 2 rings (SSSR count). The van der Waals surface area contributed by atoms with E-state index in [-0.39, 0.29) is 0 Å². The van der Waals surface area contributed by atoms with Gasteiger partial charge in [0.2, 0.25) is 0 Å². The highest BCUT2D eigenvalue weighted by Crippen LogP contribution is 2.23. The predicted octanol–water partition coefficient (Wildman–Crippen LogP) is 3.62. The number of aromatic nitrogens is 2. The van der Waals surface area contributed by atoms with Gasteiger partial charge in [0.15, 0.2) is 5.82 Å². The normalized spacial score (nSPS) is 10.7. The van der Waals surface area contributed by atoms with Crippen molar-refractivity contribution in [2.24, 2.45) is 0 Å². The lowest BCUT2D eigenvalue weighted by Gasteiger charge is -2.11. The van der Waals surface area contributed by atoms with Gasteiger partial charge in [0.05, 0.1) is 0 Å². The molecule has 94 valence electrons. The molecule has 0 atom stereocenters. The molecule has 18 heavy (non-hydrogen) atoms. The minimum atomic E-state index is 0.392. The number of hydrogen-bond acceptors (Lipinski definition) is 3. The van der Waals surface area contributed by atoms with Gasteiger partial charge in [-0.05, 0) is 18.4 Å². The zero-order valence-electron chi connectivity index (χ0n) is 11.4. The fourth-order valence-corrected chi connectivity index (χ4v) is 1.83. The van der Waals surface area contributed by atoms with Gasteiger partial charge in [0.1, 0.15) is 5.82 Å². The monoisotopic (exact) mass is 241 g/mol. The summed E-state index contributed by atoms with van der Waals surface area (Å²) in [7, 11) is 1.88. The van der Waals surface area contributed by atoms with E-state index < -0.39 is 0 Å². The first-order valence-corrected chi connectivity index (χ1v) is 6.24. The lowest BCUT2D eigenvalue weighted by molar-refractivity contribution is 0.817. The van der Waals surface area contributed by atoms with E-state index in [0.29, 0.717) is 5.92 Å². The van der Waals surface area contributed by atoms with Gasteiger partial charge < -0.3 is 5.32 Å². The fraction of sp³-hybridized carbons (Fsp3) is 0.333. The van der Waals surface area contributed by atoms with Crippen LogP contribution in [0.2, 0.25) is 0 Å². The van der Waals surface area contributed by atoms with E-state index in [1.54, 1.807) is 0 Å². The highest BCUT2D eigenvalue weighted by atomic mass is 15.0. The van der Waals surface area contributed by atoms with Crippen LogP contribution in [-0.4, -0.2) is 17.0 Å². The minimum absolute atomic E-state index is 0.392. The van der Waals surface area contributed by atoms with Crippen LogP contribution in [0.1, 0.15) is 31.0 Å². The number of aryl methyl sites for hydroxylation is 1. The molecule has 1 aromatic carbocycles. The first kappa shape index (κ1) is 12.6. The molecule has 0 unspecified atom stereocenters. The molecule has 1 heterocycles. The van der Waals surface area contributed by atoms with Crippen molar-refractivity contribution in [1.29, 1.82) is 0 Å². The van der Waals surface area contributed by atoms with Gasteiger partial charge in [0, 0.05) is 24.4 Å². The third-order valence-corrected chi connectivity index (χ3v) is 2.98. The van der Waals surface area contributed by atoms with Crippen LogP contribution < -0.4 is 5.32 Å². The van der Waals surface area contributed by atoms with Gasteiger partial charge in [-0.2, -0.15) is 0 Å². The highest BCUT2D eigenvalue weighted by Gasteiger charge is 2.10. The first-order valence-electron chi connectivity index (χ1n) is 6.24. The second-order valence-corrected chi connectivity index (χ2v) is 4.72. The Balaban J connectivity index is 2.57. The maximum Gasteiger partial charge on any atom is 0.162 e. The van der Waals surface area contributed by atoms with Gasteiger partial charge >= 0.3 is 0 Å². The molecule has 0 bridgehead atoms. The van der Waals surface area contributed by atoms with Crippen LogP contribution in [0.15, 0.2) is 30.3 Å². The molecule has 0 saturated carbocycles. The molecule has 0 aliphatic rings. The van der Waals surface area contributed by atoms with Crippen LogP contribution >= 0.6 is 0 Å². The Morgan fingerprint density at radius 3 is 2.44 bits per heavy atom. The van der Waals surface area contributed by atoms with Gasteiger partial charge in [-0.25, -0.2) is 9.97 Å². The SMILES string of the molecule is CNc1cc(C(C)C)nc(-c2ccccc2C)n1. The third kappa shape index (κ3) is 2.50. The van der Waals surface area contributed by atoms with Crippen molar-refractivity contribution in [3.63, 3.8) is 0 Å². The van der Waals surface area contributed by atoms with Crippen LogP contribution in [0.3, 0.4) is 0 Å². The largest absolute Gasteiger partial charge is 0.373 e. The topological polar surface area (TPSA) is 37.8 Å². The van der Waals surface area contributed by atoms with Crippen LogP contribution in [-0.2, 0) is 0 Å². The number of nitrogens with one attached hydrogen (secondary N) is 1. The molecular formula is C15H19N3. The van der Waals surface area contributed by atoms with Crippen molar-refractivity contribution < 1.29 is 0 Å². The summed E-state index contributed by atoms with van der Waals surface area (Å²) < 4.78 is 0. The first-order chi connectivity index (χ1) is 8.61. The van der Waals surface area contributed by atoms with Gasteiger partial charge in [-0.3, -0.25) is 0 Å². The van der Waals surface area contributed by atoms with Crippen molar-refractivity contribution in [2.75, 3.05) is 12.4 Å². The molecule has 0 fully saturated rings. The van der Waals surface area contributed by atoms with Crippen molar-refractivity contribution in [1.82, 2.24) is 9.97 Å². The maximum absolute atomic E-state index is 4.66. The van der Waals surface area contributed by atoms with E-state index in [9.17, 15) is 0 Å². The number of benzene rings is 1. The zero-order valence-corrected chi connectivity index (χ0v) is 11.4. The molecule has 3 heteroatoms. The number of nitrogens with zero attached hydrogens (tertiary/aromatic N) is 2. The van der Waals surface area contributed by atoms with Crippen LogP contribution in [0.4, 0.5) is 5.82 Å². The van der Waals surface area contributed by atoms with Crippen LogP contribution in [0, 0.1) is 6.92 Å². The highest BCUT2D eigenvalue weighted by molar-refractivity contribution is 5.61. The molecule has 0 aliphatic carbocycles. The standard InChI is InChI=1S/C15H19N3/c1-10(2)13-9-14(16-4)18-15(17-13)12-8-6-5-7-11(12)3/h5-10H,1-4H3,(H,16,17,18). The zero-order chi connectivity index (χ0) is 13.1. The summed E-state index contributed by atoms with van der Waals surface area (Å²) in [6.07, 6.45) is 0. The molecular weight excluding hydrogens is 222 g/mol. The van der Waals surface area contributed by atoms with Crippen molar-refractivity contribution in [2.45, 2.75) is 26.7 Å². The average Bonchev–Trinajstić information content (AvgIpc) is 2.38. The van der Waals surface area contributed by atoms with Gasteiger partial charge in [0.25, 0.3) is 0 Å². The molecule has 2 aromatic rings. The summed E-state index contributed by atoms with van der Waals surface area (Å²) in [4.78, 5) is 9.20. The smallest absolute Gasteiger partial charge is 0.162 e. The van der Waals surface area contributed by atoms with Gasteiger partial charge in [-0.15, -0.1) is 0 Å². The number of anilines is 1. The molecule has 0 radical (unpaired) electrons. The second-order valence-electron chi connectivity index (χ2n) is 4.72. The fourth-order valence-electron chi connectivity index (χ4n) is 1.83. The Hall–Kier alpha value is -1.90. The Labute approximate surface area is 108 Å². The summed E-state index contributed by atoms with van der Waals surface area (Å²) in [5, 5.41) is 3.10. The van der Waals surface area contributed by atoms with Gasteiger partial charge in [-0.1, -0.05) is 38.1 Å². The molecule has 3 nitrogen and oxygen atoms in total. The molecule has 0 spiro atoms. The molecule has 0 saturated heterocycles. The number of hydrogen-bond donors (Lipinski definition) is 1. The maximum atomic E-state index is 4.66.